The smallest absolute Gasteiger partial charge is 0.321 e. The van der Waals surface area contributed by atoms with Crippen LogP contribution in [0.2, 0.25) is 0 Å². The van der Waals surface area contributed by atoms with Crippen molar-refractivity contribution in [2.45, 2.75) is 25.8 Å². The number of nitrogens with zero attached hydrogens (tertiary/aromatic N) is 3. The molecule has 0 unspecified atom stereocenters. The first-order valence-corrected chi connectivity index (χ1v) is 11.0. The summed E-state index contributed by atoms with van der Waals surface area (Å²) in [5.74, 6) is 0. The largest absolute Gasteiger partial charge is 0.383 e. The van der Waals surface area contributed by atoms with Gasteiger partial charge in [0.15, 0.2) is 0 Å². The van der Waals surface area contributed by atoms with Gasteiger partial charge in [0.2, 0.25) is 5.13 Å². The van der Waals surface area contributed by atoms with Gasteiger partial charge < -0.3 is 15.0 Å². The lowest BCUT2D eigenvalue weighted by Gasteiger charge is -2.22. The number of carbonyl (C=O) groups is 1. The number of nitrogens with one attached hydrogen (secondary N) is 2. The molecule has 3 aromatic rings. The molecule has 2 amide bonds. The number of hydrogen-bond donors (Lipinski definition) is 2. The van der Waals surface area contributed by atoms with Crippen molar-refractivity contribution in [2.75, 3.05) is 37.5 Å². The fraction of sp³-hybridized carbons (Fsp3) is 0.348. The molecule has 0 radical (unpaired) electrons. The Labute approximate surface area is 187 Å². The molecule has 7 nitrogen and oxygen atoms in total. The second kappa shape index (κ2) is 10.4. The van der Waals surface area contributed by atoms with Crippen LogP contribution in [-0.4, -0.2) is 43.5 Å². The van der Waals surface area contributed by atoms with Crippen LogP contribution in [0.25, 0.3) is 0 Å². The SMILES string of the molecule is COCCN(C)c1ccccc1CNC(=O)Nc1nnc(C(C)(C)c2ccccc2)s1. The number of likely N-dealkylation sites (N-methyl/N-ethyl adjacent to an activating group) is 1. The Morgan fingerprint density at radius 2 is 1.81 bits per heavy atom. The molecule has 8 heteroatoms. The Kier molecular flexibility index (Phi) is 7.59. The van der Waals surface area contributed by atoms with Gasteiger partial charge in [0, 0.05) is 38.3 Å². The van der Waals surface area contributed by atoms with Crippen LogP contribution >= 0.6 is 11.3 Å². The van der Waals surface area contributed by atoms with E-state index in [9.17, 15) is 4.79 Å². The molecule has 2 aromatic carbocycles. The number of ether oxygens (including phenoxy) is 1. The normalized spacial score (nSPS) is 11.2. The number of para-hydroxylation sites is 1. The number of carbonyl (C=O) groups excluding carboxylic acids is 1. The third-order valence-electron chi connectivity index (χ3n) is 5.15. The summed E-state index contributed by atoms with van der Waals surface area (Å²) in [4.78, 5) is 14.6. The van der Waals surface area contributed by atoms with Crippen molar-refractivity contribution in [3.63, 3.8) is 0 Å². The Balaban J connectivity index is 1.61. The lowest BCUT2D eigenvalue weighted by molar-refractivity contribution is 0.206. The Morgan fingerprint density at radius 3 is 2.55 bits per heavy atom. The third kappa shape index (κ3) is 5.80. The number of amides is 2. The Morgan fingerprint density at radius 1 is 1.10 bits per heavy atom. The van der Waals surface area contributed by atoms with E-state index >= 15 is 0 Å². The zero-order chi connectivity index (χ0) is 22.3. The number of anilines is 2. The van der Waals surface area contributed by atoms with E-state index in [1.54, 1.807) is 7.11 Å². The molecule has 0 atom stereocenters. The van der Waals surface area contributed by atoms with Crippen molar-refractivity contribution in [2.24, 2.45) is 0 Å². The van der Waals surface area contributed by atoms with Gasteiger partial charge in [-0.05, 0) is 31.0 Å². The van der Waals surface area contributed by atoms with Gasteiger partial charge in [0.05, 0.1) is 6.61 Å². The summed E-state index contributed by atoms with van der Waals surface area (Å²) < 4.78 is 5.16. The lowest BCUT2D eigenvalue weighted by atomic mass is 9.85. The number of rotatable bonds is 9. The molecule has 0 fully saturated rings. The van der Waals surface area contributed by atoms with Crippen LogP contribution in [0.5, 0.6) is 0 Å². The highest BCUT2D eigenvalue weighted by Crippen LogP contribution is 2.34. The molecule has 164 valence electrons. The molecule has 1 aromatic heterocycles. The Hall–Kier alpha value is -2.97. The summed E-state index contributed by atoms with van der Waals surface area (Å²) in [6.07, 6.45) is 0. The van der Waals surface area contributed by atoms with Crippen molar-refractivity contribution in [3.05, 3.63) is 70.7 Å². The van der Waals surface area contributed by atoms with Crippen LogP contribution in [-0.2, 0) is 16.7 Å². The van der Waals surface area contributed by atoms with Gasteiger partial charge in [-0.1, -0.05) is 59.9 Å². The standard InChI is InChI=1S/C23H29N5O2S/c1-23(2,18-11-6-5-7-12-18)20-26-27-22(31-20)25-21(29)24-16-17-10-8-9-13-19(17)28(3)14-15-30-4/h5-13H,14-16H2,1-4H3,(H2,24,25,27,29). The van der Waals surface area contributed by atoms with Gasteiger partial charge in [-0.15, -0.1) is 10.2 Å². The van der Waals surface area contributed by atoms with Gasteiger partial charge >= 0.3 is 6.03 Å². The first-order chi connectivity index (χ1) is 14.9. The number of hydrogen-bond acceptors (Lipinski definition) is 6. The van der Waals surface area contributed by atoms with Crippen molar-refractivity contribution in [3.8, 4) is 0 Å². The topological polar surface area (TPSA) is 79.4 Å². The summed E-state index contributed by atoms with van der Waals surface area (Å²) >= 11 is 1.39. The molecule has 3 rings (SSSR count). The zero-order valence-electron chi connectivity index (χ0n) is 18.4. The molecule has 0 bridgehead atoms. The second-order valence-corrected chi connectivity index (χ2v) is 8.73. The van der Waals surface area contributed by atoms with Crippen molar-refractivity contribution in [1.82, 2.24) is 15.5 Å². The van der Waals surface area contributed by atoms with Crippen LogP contribution < -0.4 is 15.5 Å². The van der Waals surface area contributed by atoms with E-state index in [0.29, 0.717) is 18.3 Å². The summed E-state index contributed by atoms with van der Waals surface area (Å²) in [7, 11) is 3.70. The van der Waals surface area contributed by atoms with Crippen LogP contribution in [0.1, 0.15) is 30.0 Å². The number of methoxy groups -OCH3 is 1. The first-order valence-electron chi connectivity index (χ1n) is 10.1. The monoisotopic (exact) mass is 439 g/mol. The predicted octanol–water partition coefficient (Wildman–Crippen LogP) is 4.27. The summed E-state index contributed by atoms with van der Waals surface area (Å²) in [5, 5.41) is 15.5. The van der Waals surface area contributed by atoms with Crippen LogP contribution in [0.3, 0.4) is 0 Å². The highest BCUT2D eigenvalue weighted by Gasteiger charge is 2.27. The van der Waals surface area contributed by atoms with Gasteiger partial charge in [-0.3, -0.25) is 5.32 Å². The van der Waals surface area contributed by atoms with Gasteiger partial charge in [-0.2, -0.15) is 0 Å². The maximum absolute atomic E-state index is 12.5. The van der Waals surface area contributed by atoms with E-state index < -0.39 is 0 Å². The Bertz CT molecular complexity index is 990. The van der Waals surface area contributed by atoms with E-state index in [1.165, 1.54) is 11.3 Å². The maximum atomic E-state index is 12.5. The second-order valence-electron chi connectivity index (χ2n) is 7.75. The number of aromatic nitrogens is 2. The van der Waals surface area contributed by atoms with Gasteiger partial charge in [-0.25, -0.2) is 4.79 Å². The minimum atomic E-state index is -0.311. The van der Waals surface area contributed by atoms with E-state index in [-0.39, 0.29) is 11.4 Å². The molecular weight excluding hydrogens is 410 g/mol. The summed E-state index contributed by atoms with van der Waals surface area (Å²) in [6, 6.07) is 17.8. The van der Waals surface area contributed by atoms with Crippen molar-refractivity contribution in [1.29, 1.82) is 0 Å². The average molecular weight is 440 g/mol. The highest BCUT2D eigenvalue weighted by molar-refractivity contribution is 7.15. The third-order valence-corrected chi connectivity index (χ3v) is 6.31. The fourth-order valence-corrected chi connectivity index (χ4v) is 4.07. The molecule has 0 saturated carbocycles. The van der Waals surface area contributed by atoms with E-state index in [4.69, 9.17) is 4.74 Å². The molecular formula is C23H29N5O2S. The summed E-state index contributed by atoms with van der Waals surface area (Å²) in [6.45, 7) is 6.01. The number of benzene rings is 2. The minimum absolute atomic E-state index is 0.291. The van der Waals surface area contributed by atoms with E-state index in [0.717, 1.165) is 28.4 Å². The first kappa shape index (κ1) is 22.7. The van der Waals surface area contributed by atoms with Crippen LogP contribution in [0.15, 0.2) is 54.6 Å². The molecule has 0 spiro atoms. The highest BCUT2D eigenvalue weighted by atomic mass is 32.1. The maximum Gasteiger partial charge on any atom is 0.321 e. The van der Waals surface area contributed by atoms with Crippen molar-refractivity contribution >= 4 is 28.2 Å². The molecule has 0 aliphatic heterocycles. The molecule has 31 heavy (non-hydrogen) atoms. The van der Waals surface area contributed by atoms with E-state index in [2.05, 4.69) is 51.7 Å². The predicted molar refractivity (Wildman–Crippen MR) is 126 cm³/mol. The minimum Gasteiger partial charge on any atom is -0.383 e. The molecule has 0 aliphatic carbocycles. The molecule has 0 aliphatic rings. The van der Waals surface area contributed by atoms with Crippen LogP contribution in [0.4, 0.5) is 15.6 Å². The zero-order valence-corrected chi connectivity index (χ0v) is 19.2. The lowest BCUT2D eigenvalue weighted by Crippen LogP contribution is -2.29. The van der Waals surface area contributed by atoms with Crippen LogP contribution in [0, 0.1) is 0 Å². The summed E-state index contributed by atoms with van der Waals surface area (Å²) in [5.41, 5.74) is 2.94. The van der Waals surface area contributed by atoms with Crippen molar-refractivity contribution < 1.29 is 9.53 Å². The number of urea groups is 1. The molecule has 2 N–H and O–H groups in total. The van der Waals surface area contributed by atoms with E-state index in [1.807, 2.05) is 49.5 Å². The molecule has 0 saturated heterocycles. The molecule has 1 heterocycles. The average Bonchev–Trinajstić information content (AvgIpc) is 3.26. The van der Waals surface area contributed by atoms with Gasteiger partial charge in [0.25, 0.3) is 0 Å². The fourth-order valence-electron chi connectivity index (χ4n) is 3.20. The quantitative estimate of drug-likeness (QED) is 0.521. The van der Waals surface area contributed by atoms with Gasteiger partial charge in [0.1, 0.15) is 5.01 Å².